The van der Waals surface area contributed by atoms with Crippen LogP contribution < -0.4 is 21.3 Å². The Balaban J connectivity index is 1.53. The smallest absolute Gasteiger partial charge is 0.347 e. The molecule has 14 heteroatoms. The van der Waals surface area contributed by atoms with E-state index in [1.54, 1.807) is 24.3 Å². The molecule has 0 saturated heterocycles. The molecule has 3 aromatic heterocycles. The number of amides is 3. The van der Waals surface area contributed by atoms with E-state index in [0.717, 1.165) is 6.07 Å². The van der Waals surface area contributed by atoms with Crippen LogP contribution >= 0.6 is 11.6 Å². The van der Waals surface area contributed by atoms with Gasteiger partial charge < -0.3 is 19.9 Å². The number of H-pyrrole nitrogens is 1. The predicted molar refractivity (Wildman–Crippen MR) is 154 cm³/mol. The Morgan fingerprint density at radius 2 is 1.90 bits per heavy atom. The maximum atomic E-state index is 14.0. The zero-order chi connectivity index (χ0) is 30.3. The minimum Gasteiger partial charge on any atom is -0.503 e. The minimum absolute atomic E-state index is 0.0290. The van der Waals surface area contributed by atoms with Crippen molar-refractivity contribution in [3.63, 3.8) is 0 Å². The Morgan fingerprint density at radius 3 is 2.62 bits per heavy atom. The molecule has 3 amide bonds. The van der Waals surface area contributed by atoms with E-state index in [4.69, 9.17) is 11.6 Å². The minimum atomic E-state index is -1.17. The predicted octanol–water partition coefficient (Wildman–Crippen LogP) is 1.41. The Morgan fingerprint density at radius 1 is 1.14 bits per heavy atom. The number of hydrogen-bond donors (Lipinski definition) is 3. The lowest BCUT2D eigenvalue weighted by atomic mass is 10.0. The number of fused-ring (bicyclic) bond motifs is 2. The zero-order valence-corrected chi connectivity index (χ0v) is 23.8. The lowest BCUT2D eigenvalue weighted by Gasteiger charge is -2.36. The van der Waals surface area contributed by atoms with Crippen molar-refractivity contribution in [1.82, 2.24) is 29.4 Å². The molecule has 0 bridgehead atoms. The number of carbonyl (C=O) groups excluding carboxylic acids is 3. The molecule has 0 spiro atoms. The Kier molecular flexibility index (Phi) is 7.61. The number of hydrogen-bond acceptors (Lipinski definition) is 7. The average molecular weight is 594 g/mol. The Labute approximate surface area is 243 Å². The monoisotopic (exact) mass is 593 g/mol. The van der Waals surface area contributed by atoms with Crippen LogP contribution in [0.15, 0.2) is 58.3 Å². The molecule has 0 saturated carbocycles. The molecule has 3 N–H and O–H groups in total. The first-order valence-electron chi connectivity index (χ1n) is 13.1. The summed E-state index contributed by atoms with van der Waals surface area (Å²) in [5.41, 5.74) is -0.769. The number of rotatable bonds is 7. The second-order valence-electron chi connectivity index (χ2n) is 10.2. The summed E-state index contributed by atoms with van der Waals surface area (Å²) in [6.45, 7) is 4.17. The van der Waals surface area contributed by atoms with Crippen molar-refractivity contribution in [2.75, 3.05) is 18.5 Å². The number of nitrogens with zero attached hydrogens (tertiary/aromatic N) is 5. The second-order valence-corrected chi connectivity index (χ2v) is 10.6. The van der Waals surface area contributed by atoms with Crippen molar-refractivity contribution < 1.29 is 19.5 Å². The summed E-state index contributed by atoms with van der Waals surface area (Å²) in [5, 5.41) is 19.9. The highest BCUT2D eigenvalue weighted by atomic mass is 35.5. The number of aromatic amines is 1. The molecule has 0 unspecified atom stereocenters. The van der Waals surface area contributed by atoms with E-state index in [1.165, 1.54) is 44.1 Å². The van der Waals surface area contributed by atoms with Gasteiger partial charge in [-0.05, 0) is 43.7 Å². The lowest BCUT2D eigenvalue weighted by Crippen LogP contribution is -2.51. The molecule has 0 radical (unpaired) electrons. The number of nitrogens with one attached hydrogen (secondary N) is 2. The summed E-state index contributed by atoms with van der Waals surface area (Å²) >= 11 is 6.17. The SMILES string of the molecule is CC(C)N1CCn2c(N(C)C(=O)[C@@H](Cc3cccc(Cl)c3)NC(=O)c3cccn4c(=O)[nH]nc34)cc(=O)c(O)c2C1=O. The molecule has 218 valence electrons. The third kappa shape index (κ3) is 5.14. The fraction of sp³-hybridized carbons (Fsp3) is 0.286. The highest BCUT2D eigenvalue weighted by Gasteiger charge is 2.34. The molecule has 0 aliphatic carbocycles. The third-order valence-corrected chi connectivity index (χ3v) is 7.45. The first kappa shape index (κ1) is 28.6. The van der Waals surface area contributed by atoms with E-state index in [1.807, 2.05) is 13.8 Å². The molecule has 13 nitrogen and oxygen atoms in total. The van der Waals surface area contributed by atoms with E-state index in [9.17, 15) is 29.1 Å². The summed E-state index contributed by atoms with van der Waals surface area (Å²) in [6, 6.07) is 9.52. The van der Waals surface area contributed by atoms with Gasteiger partial charge in [0.2, 0.25) is 5.43 Å². The lowest BCUT2D eigenvalue weighted by molar-refractivity contribution is -0.120. The van der Waals surface area contributed by atoms with Crippen LogP contribution in [0.5, 0.6) is 5.75 Å². The summed E-state index contributed by atoms with van der Waals surface area (Å²) in [4.78, 5) is 68.2. The zero-order valence-electron chi connectivity index (χ0n) is 23.0. The number of pyridine rings is 2. The van der Waals surface area contributed by atoms with Gasteiger partial charge >= 0.3 is 5.69 Å². The van der Waals surface area contributed by atoms with Crippen LogP contribution in [-0.4, -0.2) is 72.6 Å². The average Bonchev–Trinajstić information content (AvgIpc) is 3.34. The molecular formula is C28H28ClN7O6. The number of aromatic nitrogens is 4. The number of anilines is 1. The van der Waals surface area contributed by atoms with E-state index in [2.05, 4.69) is 15.5 Å². The Bertz CT molecular complexity index is 1840. The molecule has 1 atom stereocenters. The van der Waals surface area contributed by atoms with Crippen LogP contribution in [0, 0.1) is 0 Å². The summed E-state index contributed by atoms with van der Waals surface area (Å²) in [5.74, 6) is -2.41. The van der Waals surface area contributed by atoms with Gasteiger partial charge in [-0.2, -0.15) is 5.10 Å². The van der Waals surface area contributed by atoms with Crippen LogP contribution in [0.25, 0.3) is 5.65 Å². The van der Waals surface area contributed by atoms with Crippen molar-refractivity contribution in [3.05, 3.63) is 91.2 Å². The maximum absolute atomic E-state index is 14.0. The van der Waals surface area contributed by atoms with Gasteiger partial charge in [0.15, 0.2) is 17.1 Å². The van der Waals surface area contributed by atoms with Gasteiger partial charge in [-0.15, -0.1) is 0 Å². The highest BCUT2D eigenvalue weighted by Crippen LogP contribution is 2.27. The quantitative estimate of drug-likeness (QED) is 0.292. The normalized spacial score (nSPS) is 13.7. The van der Waals surface area contributed by atoms with Gasteiger partial charge in [-0.3, -0.25) is 24.1 Å². The molecule has 1 aliphatic rings. The topological polar surface area (TPSA) is 162 Å². The standard InChI is InChI=1S/C28H28ClN7O6/c1-15(2)34-10-11-35-21(14-20(37)23(38)22(35)27(34)41)33(3)26(40)19(13-16-6-4-7-17(29)12-16)30-25(39)18-8-5-9-36-24(18)31-32-28(36)42/h4-9,12,14-15,19,38H,10-11,13H2,1-3H3,(H,30,39)(H,32,42)/t19-/m1/s1. The highest BCUT2D eigenvalue weighted by molar-refractivity contribution is 6.30. The summed E-state index contributed by atoms with van der Waals surface area (Å²) in [6.07, 6.45) is 1.48. The number of benzene rings is 1. The van der Waals surface area contributed by atoms with Gasteiger partial charge in [0.1, 0.15) is 11.9 Å². The Hall–Kier alpha value is -4.91. The number of halogens is 1. The van der Waals surface area contributed by atoms with E-state index in [0.29, 0.717) is 17.1 Å². The molecule has 5 rings (SSSR count). The van der Waals surface area contributed by atoms with Crippen LogP contribution in [0.1, 0.15) is 40.3 Å². The maximum Gasteiger partial charge on any atom is 0.347 e. The molecule has 4 aromatic rings. The first-order chi connectivity index (χ1) is 20.0. The van der Waals surface area contributed by atoms with Gasteiger partial charge in [0.25, 0.3) is 17.7 Å². The fourth-order valence-electron chi connectivity index (χ4n) is 5.07. The van der Waals surface area contributed by atoms with Crippen molar-refractivity contribution in [1.29, 1.82) is 0 Å². The first-order valence-corrected chi connectivity index (χ1v) is 13.5. The fourth-order valence-corrected chi connectivity index (χ4v) is 5.29. The van der Waals surface area contributed by atoms with Crippen LogP contribution in [0.4, 0.5) is 5.82 Å². The van der Waals surface area contributed by atoms with Crippen molar-refractivity contribution in [2.45, 2.75) is 38.9 Å². The number of aromatic hydroxyl groups is 1. The number of likely N-dealkylation sites (N-methyl/N-ethyl adjacent to an activating group) is 1. The summed E-state index contributed by atoms with van der Waals surface area (Å²) < 4.78 is 2.60. The van der Waals surface area contributed by atoms with Crippen LogP contribution in [0.2, 0.25) is 5.02 Å². The summed E-state index contributed by atoms with van der Waals surface area (Å²) in [7, 11) is 1.42. The molecule has 1 aliphatic heterocycles. The van der Waals surface area contributed by atoms with Gasteiger partial charge in [0.05, 0.1) is 5.56 Å². The van der Waals surface area contributed by atoms with Gasteiger partial charge in [-0.1, -0.05) is 23.7 Å². The van der Waals surface area contributed by atoms with E-state index in [-0.39, 0.29) is 41.7 Å². The van der Waals surface area contributed by atoms with Gasteiger partial charge in [0, 0.05) is 49.9 Å². The van der Waals surface area contributed by atoms with E-state index < -0.39 is 40.6 Å². The molecular weight excluding hydrogens is 566 g/mol. The molecule has 1 aromatic carbocycles. The largest absolute Gasteiger partial charge is 0.503 e. The van der Waals surface area contributed by atoms with Gasteiger partial charge in [-0.25, -0.2) is 14.3 Å². The third-order valence-electron chi connectivity index (χ3n) is 7.21. The van der Waals surface area contributed by atoms with Crippen molar-refractivity contribution in [2.24, 2.45) is 0 Å². The van der Waals surface area contributed by atoms with Crippen LogP contribution in [-0.2, 0) is 17.8 Å². The van der Waals surface area contributed by atoms with Crippen molar-refractivity contribution >= 4 is 40.8 Å². The molecule has 4 heterocycles. The molecule has 42 heavy (non-hydrogen) atoms. The van der Waals surface area contributed by atoms with E-state index >= 15 is 0 Å². The second kappa shape index (κ2) is 11.2. The van der Waals surface area contributed by atoms with Crippen molar-refractivity contribution in [3.8, 4) is 5.75 Å². The van der Waals surface area contributed by atoms with Crippen LogP contribution in [0.3, 0.4) is 0 Å². The molecule has 0 fully saturated rings. The number of carbonyl (C=O) groups is 3.